The molecule has 0 heterocycles. The summed E-state index contributed by atoms with van der Waals surface area (Å²) in [6.45, 7) is 6.74. The smallest absolute Gasteiger partial charge is 0.123 e. The molecular formula is C22H30FNO3. The van der Waals surface area contributed by atoms with Crippen LogP contribution in [0.2, 0.25) is 0 Å². The van der Waals surface area contributed by atoms with E-state index < -0.39 is 6.10 Å². The van der Waals surface area contributed by atoms with Crippen molar-refractivity contribution >= 4 is 0 Å². The van der Waals surface area contributed by atoms with E-state index in [1.54, 1.807) is 19.2 Å². The molecule has 1 N–H and O–H groups in total. The molecule has 148 valence electrons. The highest BCUT2D eigenvalue weighted by molar-refractivity contribution is 5.33. The minimum Gasteiger partial charge on any atom is -0.496 e. The van der Waals surface area contributed by atoms with Crippen molar-refractivity contribution in [2.75, 3.05) is 26.9 Å². The maximum atomic E-state index is 13.2. The standard InChI is InChI=1S/C22H30FNO3/c1-17(2)15-27-16-21(25)14-24(12-18-8-10-20(23)11-9-18)13-19-6-4-5-7-22(19)26-3/h4-11,17,21,25H,12-16H2,1-3H3. The number of halogens is 1. The predicted molar refractivity (Wildman–Crippen MR) is 105 cm³/mol. The van der Waals surface area contributed by atoms with Crippen molar-refractivity contribution in [2.45, 2.75) is 33.0 Å². The van der Waals surface area contributed by atoms with Crippen molar-refractivity contribution in [3.63, 3.8) is 0 Å². The van der Waals surface area contributed by atoms with Crippen LogP contribution in [0, 0.1) is 11.7 Å². The van der Waals surface area contributed by atoms with Gasteiger partial charge in [-0.3, -0.25) is 4.90 Å². The Morgan fingerprint density at radius 2 is 1.70 bits per heavy atom. The van der Waals surface area contributed by atoms with E-state index in [1.807, 2.05) is 24.3 Å². The molecule has 0 aliphatic heterocycles. The van der Waals surface area contributed by atoms with Gasteiger partial charge in [0, 0.05) is 31.8 Å². The van der Waals surface area contributed by atoms with E-state index in [4.69, 9.17) is 9.47 Å². The number of rotatable bonds is 11. The third-order valence-electron chi connectivity index (χ3n) is 4.14. The van der Waals surface area contributed by atoms with Gasteiger partial charge >= 0.3 is 0 Å². The first kappa shape index (κ1) is 21.4. The molecule has 0 aliphatic carbocycles. The average molecular weight is 375 g/mol. The number of para-hydroxylation sites is 1. The van der Waals surface area contributed by atoms with Crippen LogP contribution in [-0.2, 0) is 17.8 Å². The highest BCUT2D eigenvalue weighted by Gasteiger charge is 2.15. The molecule has 1 atom stereocenters. The summed E-state index contributed by atoms with van der Waals surface area (Å²) in [5, 5.41) is 10.4. The van der Waals surface area contributed by atoms with Gasteiger partial charge in [-0.1, -0.05) is 44.2 Å². The molecule has 2 aromatic rings. The molecule has 0 bridgehead atoms. The molecule has 0 aromatic heterocycles. The minimum absolute atomic E-state index is 0.253. The highest BCUT2D eigenvalue weighted by Crippen LogP contribution is 2.20. The second kappa shape index (κ2) is 11.0. The summed E-state index contributed by atoms with van der Waals surface area (Å²) in [5.74, 6) is 0.991. The van der Waals surface area contributed by atoms with Gasteiger partial charge in [0.05, 0.1) is 19.8 Å². The van der Waals surface area contributed by atoms with Gasteiger partial charge in [0.1, 0.15) is 11.6 Å². The van der Waals surface area contributed by atoms with Crippen LogP contribution in [0.5, 0.6) is 5.75 Å². The zero-order chi connectivity index (χ0) is 19.6. The molecular weight excluding hydrogens is 345 g/mol. The summed E-state index contributed by atoms with van der Waals surface area (Å²) in [6, 6.07) is 14.3. The highest BCUT2D eigenvalue weighted by atomic mass is 19.1. The lowest BCUT2D eigenvalue weighted by molar-refractivity contribution is 0.00544. The normalized spacial score (nSPS) is 12.6. The summed E-state index contributed by atoms with van der Waals surface area (Å²) in [7, 11) is 1.65. The van der Waals surface area contributed by atoms with Crippen LogP contribution >= 0.6 is 0 Å². The summed E-state index contributed by atoms with van der Waals surface area (Å²) in [4.78, 5) is 2.12. The van der Waals surface area contributed by atoms with Gasteiger partial charge in [-0.05, 0) is 29.7 Å². The molecule has 0 amide bonds. The third-order valence-corrected chi connectivity index (χ3v) is 4.14. The van der Waals surface area contributed by atoms with Crippen molar-refractivity contribution < 1.29 is 19.0 Å². The van der Waals surface area contributed by atoms with Crippen molar-refractivity contribution in [1.29, 1.82) is 0 Å². The van der Waals surface area contributed by atoms with Crippen LogP contribution in [0.4, 0.5) is 4.39 Å². The molecule has 0 saturated heterocycles. The fourth-order valence-electron chi connectivity index (χ4n) is 2.90. The molecule has 2 rings (SSSR count). The van der Waals surface area contributed by atoms with Crippen LogP contribution < -0.4 is 4.74 Å². The van der Waals surface area contributed by atoms with E-state index in [2.05, 4.69) is 18.7 Å². The Labute approximate surface area is 161 Å². The van der Waals surface area contributed by atoms with E-state index in [0.717, 1.165) is 16.9 Å². The first-order chi connectivity index (χ1) is 13.0. The molecule has 1 unspecified atom stereocenters. The van der Waals surface area contributed by atoms with Gasteiger partial charge in [0.15, 0.2) is 0 Å². The lowest BCUT2D eigenvalue weighted by Gasteiger charge is -2.26. The molecule has 0 radical (unpaired) electrons. The van der Waals surface area contributed by atoms with Gasteiger partial charge in [-0.2, -0.15) is 0 Å². The Morgan fingerprint density at radius 3 is 2.37 bits per heavy atom. The van der Waals surface area contributed by atoms with Crippen molar-refractivity contribution in [3.05, 3.63) is 65.5 Å². The molecule has 27 heavy (non-hydrogen) atoms. The van der Waals surface area contributed by atoms with Gasteiger partial charge in [-0.15, -0.1) is 0 Å². The number of benzene rings is 2. The average Bonchev–Trinajstić information content (AvgIpc) is 2.63. The summed E-state index contributed by atoms with van der Waals surface area (Å²) < 4.78 is 24.2. The van der Waals surface area contributed by atoms with Gasteiger partial charge < -0.3 is 14.6 Å². The SMILES string of the molecule is COc1ccccc1CN(Cc1ccc(F)cc1)CC(O)COCC(C)C. The first-order valence-electron chi connectivity index (χ1n) is 9.32. The molecule has 4 nitrogen and oxygen atoms in total. The Kier molecular flexibility index (Phi) is 8.72. The maximum Gasteiger partial charge on any atom is 0.123 e. The number of hydrogen-bond acceptors (Lipinski definition) is 4. The lowest BCUT2D eigenvalue weighted by atomic mass is 10.1. The summed E-state index contributed by atoms with van der Waals surface area (Å²) in [5.41, 5.74) is 2.03. The van der Waals surface area contributed by atoms with E-state index in [-0.39, 0.29) is 5.82 Å². The molecule has 2 aromatic carbocycles. The summed E-state index contributed by atoms with van der Waals surface area (Å²) in [6.07, 6.45) is -0.598. The number of ether oxygens (including phenoxy) is 2. The minimum atomic E-state index is -0.598. The van der Waals surface area contributed by atoms with Crippen LogP contribution in [-0.4, -0.2) is 43.0 Å². The predicted octanol–water partition coefficient (Wildman–Crippen LogP) is 3.87. The Balaban J connectivity index is 2.06. The van der Waals surface area contributed by atoms with E-state index in [0.29, 0.717) is 38.8 Å². The zero-order valence-electron chi connectivity index (χ0n) is 16.4. The zero-order valence-corrected chi connectivity index (χ0v) is 16.4. The van der Waals surface area contributed by atoms with Crippen molar-refractivity contribution in [3.8, 4) is 5.75 Å². The van der Waals surface area contributed by atoms with Crippen molar-refractivity contribution in [2.24, 2.45) is 5.92 Å². The van der Waals surface area contributed by atoms with Crippen LogP contribution in [0.15, 0.2) is 48.5 Å². The second-order valence-corrected chi connectivity index (χ2v) is 7.19. The van der Waals surface area contributed by atoms with Crippen LogP contribution in [0.25, 0.3) is 0 Å². The third kappa shape index (κ3) is 7.67. The van der Waals surface area contributed by atoms with Gasteiger partial charge in [-0.25, -0.2) is 4.39 Å². The molecule has 5 heteroatoms. The number of hydrogen-bond donors (Lipinski definition) is 1. The van der Waals surface area contributed by atoms with Crippen LogP contribution in [0.1, 0.15) is 25.0 Å². The molecule has 0 aliphatic rings. The Morgan fingerprint density at radius 1 is 1.00 bits per heavy atom. The molecule has 0 fully saturated rings. The Bertz CT molecular complexity index is 676. The largest absolute Gasteiger partial charge is 0.496 e. The fourth-order valence-corrected chi connectivity index (χ4v) is 2.90. The topological polar surface area (TPSA) is 41.9 Å². The lowest BCUT2D eigenvalue weighted by Crippen LogP contribution is -2.34. The fraction of sp³-hybridized carbons (Fsp3) is 0.455. The first-order valence-corrected chi connectivity index (χ1v) is 9.32. The second-order valence-electron chi connectivity index (χ2n) is 7.19. The maximum absolute atomic E-state index is 13.2. The van der Waals surface area contributed by atoms with Gasteiger partial charge in [0.2, 0.25) is 0 Å². The van der Waals surface area contributed by atoms with E-state index in [1.165, 1.54) is 12.1 Å². The van der Waals surface area contributed by atoms with E-state index >= 15 is 0 Å². The monoisotopic (exact) mass is 375 g/mol. The number of methoxy groups -OCH3 is 1. The molecule has 0 spiro atoms. The number of aliphatic hydroxyl groups excluding tert-OH is 1. The quantitative estimate of drug-likeness (QED) is 0.647. The Hall–Kier alpha value is -1.95. The number of aliphatic hydroxyl groups is 1. The van der Waals surface area contributed by atoms with Gasteiger partial charge in [0.25, 0.3) is 0 Å². The van der Waals surface area contributed by atoms with Crippen LogP contribution in [0.3, 0.4) is 0 Å². The summed E-state index contributed by atoms with van der Waals surface area (Å²) >= 11 is 0. The van der Waals surface area contributed by atoms with Crippen molar-refractivity contribution in [1.82, 2.24) is 4.90 Å². The number of nitrogens with zero attached hydrogens (tertiary/aromatic N) is 1. The molecule has 0 saturated carbocycles. The van der Waals surface area contributed by atoms with E-state index in [9.17, 15) is 9.50 Å².